The molecule has 6 nitrogen and oxygen atoms in total. The van der Waals surface area contributed by atoms with Gasteiger partial charge in [0.1, 0.15) is 0 Å². The number of methoxy groups -OCH3 is 1. The number of hydrogen-bond donors (Lipinski definition) is 2. The molecule has 3 N–H and O–H groups in total. The van der Waals surface area contributed by atoms with Crippen LogP contribution in [0.5, 0.6) is 0 Å². The highest BCUT2D eigenvalue weighted by Crippen LogP contribution is 2.24. The van der Waals surface area contributed by atoms with Gasteiger partial charge in [0, 0.05) is 12.1 Å². The van der Waals surface area contributed by atoms with Crippen molar-refractivity contribution in [1.29, 1.82) is 0 Å². The quantitative estimate of drug-likeness (QED) is 0.702. The summed E-state index contributed by atoms with van der Waals surface area (Å²) in [5.74, 6) is -0.625. The first-order valence-electron chi connectivity index (χ1n) is 6.87. The van der Waals surface area contributed by atoms with E-state index < -0.39 is 21.5 Å². The van der Waals surface area contributed by atoms with E-state index >= 15 is 0 Å². The fraction of sp³-hybridized carbons (Fsp3) is 0.500. The number of sulfonamides is 1. The van der Waals surface area contributed by atoms with Gasteiger partial charge in [-0.3, -0.25) is 0 Å². The van der Waals surface area contributed by atoms with E-state index in [2.05, 4.69) is 9.46 Å². The van der Waals surface area contributed by atoms with Crippen LogP contribution >= 0.6 is 24.0 Å². The Morgan fingerprint density at radius 2 is 1.91 bits per heavy atom. The predicted molar refractivity (Wildman–Crippen MR) is 92.7 cm³/mol. The lowest BCUT2D eigenvalue weighted by Crippen LogP contribution is -2.52. The van der Waals surface area contributed by atoms with Gasteiger partial charge in [0.25, 0.3) is 0 Å². The van der Waals surface area contributed by atoms with Gasteiger partial charge in [0.15, 0.2) is 0 Å². The van der Waals surface area contributed by atoms with Crippen LogP contribution in [0.3, 0.4) is 0 Å². The topological polar surface area (TPSA) is 98.5 Å². The lowest BCUT2D eigenvalue weighted by molar-refractivity contribution is 0.0601. The second-order valence-electron chi connectivity index (χ2n) is 4.93. The number of rotatable bonds is 7. The summed E-state index contributed by atoms with van der Waals surface area (Å²) in [5.41, 5.74) is 5.12. The Balaban J connectivity index is 0.00000484. The summed E-state index contributed by atoms with van der Waals surface area (Å²) in [6.45, 7) is 3.92. The van der Waals surface area contributed by atoms with Crippen molar-refractivity contribution in [3.05, 3.63) is 28.8 Å². The summed E-state index contributed by atoms with van der Waals surface area (Å²) in [6.07, 6.45) is 1.13. The van der Waals surface area contributed by atoms with E-state index in [9.17, 15) is 13.2 Å². The van der Waals surface area contributed by atoms with Crippen LogP contribution in [0.25, 0.3) is 0 Å². The third-order valence-electron chi connectivity index (χ3n) is 3.75. The first-order chi connectivity index (χ1) is 10.2. The number of halogens is 2. The van der Waals surface area contributed by atoms with Crippen LogP contribution in [0.15, 0.2) is 23.1 Å². The van der Waals surface area contributed by atoms with E-state index in [0.717, 1.165) is 0 Å². The van der Waals surface area contributed by atoms with E-state index in [-0.39, 0.29) is 34.4 Å². The minimum absolute atomic E-state index is 0. The monoisotopic (exact) mass is 384 g/mol. The maximum Gasteiger partial charge on any atom is 0.339 e. The minimum atomic E-state index is -3.79. The largest absolute Gasteiger partial charge is 0.465 e. The number of hydrogen-bond acceptors (Lipinski definition) is 5. The van der Waals surface area contributed by atoms with Crippen molar-refractivity contribution >= 4 is 40.0 Å². The molecule has 0 aliphatic rings. The van der Waals surface area contributed by atoms with E-state index in [1.807, 2.05) is 13.8 Å². The third kappa shape index (κ3) is 5.06. The minimum Gasteiger partial charge on any atom is -0.465 e. The molecule has 0 unspecified atom stereocenters. The SMILES string of the molecule is CCC(CC)(CN)NS(=O)(=O)c1ccc(C(=O)OC)c(Cl)c1.Cl. The van der Waals surface area contributed by atoms with Crippen molar-refractivity contribution in [3.63, 3.8) is 0 Å². The van der Waals surface area contributed by atoms with E-state index in [0.29, 0.717) is 12.8 Å². The van der Waals surface area contributed by atoms with Gasteiger partial charge in [-0.25, -0.2) is 17.9 Å². The highest BCUT2D eigenvalue weighted by molar-refractivity contribution is 7.89. The van der Waals surface area contributed by atoms with Gasteiger partial charge < -0.3 is 10.5 Å². The van der Waals surface area contributed by atoms with Crippen molar-refractivity contribution in [3.8, 4) is 0 Å². The molecule has 0 aromatic heterocycles. The van der Waals surface area contributed by atoms with E-state index in [4.69, 9.17) is 17.3 Å². The molecule has 0 fully saturated rings. The predicted octanol–water partition coefficient (Wildman–Crippen LogP) is 2.34. The lowest BCUT2D eigenvalue weighted by Gasteiger charge is -2.31. The molecule has 0 atom stereocenters. The molecule has 0 heterocycles. The molecule has 1 aromatic carbocycles. The molecular formula is C14H22Cl2N2O4S. The van der Waals surface area contributed by atoms with Crippen LogP contribution in [0.4, 0.5) is 0 Å². The average Bonchev–Trinajstić information content (AvgIpc) is 2.51. The summed E-state index contributed by atoms with van der Waals surface area (Å²) in [6, 6.07) is 3.86. The lowest BCUT2D eigenvalue weighted by atomic mass is 9.95. The molecule has 0 radical (unpaired) electrons. The second kappa shape index (κ2) is 8.84. The van der Waals surface area contributed by atoms with Crippen molar-refractivity contribution in [1.82, 2.24) is 4.72 Å². The molecular weight excluding hydrogens is 363 g/mol. The van der Waals surface area contributed by atoms with Gasteiger partial charge in [-0.2, -0.15) is 0 Å². The zero-order chi connectivity index (χ0) is 17.0. The molecule has 0 bridgehead atoms. The molecule has 0 saturated heterocycles. The van der Waals surface area contributed by atoms with Crippen LogP contribution in [-0.2, 0) is 14.8 Å². The Kier molecular flexibility index (Phi) is 8.51. The number of nitrogens with two attached hydrogens (primary N) is 1. The van der Waals surface area contributed by atoms with Crippen LogP contribution in [-0.4, -0.2) is 33.6 Å². The number of esters is 1. The van der Waals surface area contributed by atoms with E-state index in [1.54, 1.807) is 0 Å². The van der Waals surface area contributed by atoms with Gasteiger partial charge in [0.05, 0.1) is 22.6 Å². The Morgan fingerprint density at radius 1 is 1.35 bits per heavy atom. The van der Waals surface area contributed by atoms with Crippen LogP contribution < -0.4 is 10.5 Å². The Labute approximate surface area is 148 Å². The molecule has 23 heavy (non-hydrogen) atoms. The summed E-state index contributed by atoms with van der Waals surface area (Å²) in [7, 11) is -2.57. The average molecular weight is 385 g/mol. The molecule has 0 spiro atoms. The Bertz CT molecular complexity index is 638. The number of carbonyl (C=O) groups excluding carboxylic acids is 1. The number of ether oxygens (including phenoxy) is 1. The Morgan fingerprint density at radius 3 is 2.30 bits per heavy atom. The second-order valence-corrected chi connectivity index (χ2v) is 7.02. The van der Waals surface area contributed by atoms with Crippen molar-refractivity contribution < 1.29 is 17.9 Å². The van der Waals surface area contributed by atoms with Gasteiger partial charge >= 0.3 is 5.97 Å². The van der Waals surface area contributed by atoms with Crippen molar-refractivity contribution in [2.45, 2.75) is 37.1 Å². The third-order valence-corrected chi connectivity index (χ3v) is 5.64. The summed E-state index contributed by atoms with van der Waals surface area (Å²) in [5, 5.41) is 0.0149. The maximum absolute atomic E-state index is 12.5. The zero-order valence-electron chi connectivity index (χ0n) is 13.3. The molecule has 0 aliphatic heterocycles. The van der Waals surface area contributed by atoms with Crippen LogP contribution in [0, 0.1) is 0 Å². The number of nitrogens with one attached hydrogen (secondary N) is 1. The first kappa shape index (κ1) is 22.1. The van der Waals surface area contributed by atoms with Crippen molar-refractivity contribution in [2.24, 2.45) is 5.73 Å². The molecule has 9 heteroatoms. The number of carbonyl (C=O) groups is 1. The first-order valence-corrected chi connectivity index (χ1v) is 8.73. The summed E-state index contributed by atoms with van der Waals surface area (Å²) >= 11 is 5.96. The summed E-state index contributed by atoms with van der Waals surface area (Å²) < 4.78 is 32.2. The normalized spacial score (nSPS) is 11.7. The van der Waals surface area contributed by atoms with Crippen LogP contribution in [0.1, 0.15) is 37.0 Å². The zero-order valence-corrected chi connectivity index (χ0v) is 15.6. The number of benzene rings is 1. The highest BCUT2D eigenvalue weighted by Gasteiger charge is 2.31. The van der Waals surface area contributed by atoms with Crippen molar-refractivity contribution in [2.75, 3.05) is 13.7 Å². The van der Waals surface area contributed by atoms with Gasteiger partial charge in [-0.15, -0.1) is 12.4 Å². The molecule has 0 aliphatic carbocycles. The fourth-order valence-electron chi connectivity index (χ4n) is 2.01. The standard InChI is InChI=1S/C14H21ClN2O4S.ClH/c1-4-14(5-2,9-16)17-22(19,20)10-6-7-11(12(15)8-10)13(18)21-3;/h6-8,17H,4-5,9,16H2,1-3H3;1H. The molecule has 1 aromatic rings. The van der Waals surface area contributed by atoms with E-state index in [1.165, 1.54) is 25.3 Å². The van der Waals surface area contributed by atoms with Gasteiger partial charge in [-0.1, -0.05) is 25.4 Å². The summed E-state index contributed by atoms with van der Waals surface area (Å²) in [4.78, 5) is 11.5. The molecule has 0 amide bonds. The van der Waals surface area contributed by atoms with Gasteiger partial charge in [0.2, 0.25) is 10.0 Å². The highest BCUT2D eigenvalue weighted by atomic mass is 35.5. The fourth-order valence-corrected chi connectivity index (χ4v) is 3.91. The molecule has 1 rings (SSSR count). The van der Waals surface area contributed by atoms with Crippen LogP contribution in [0.2, 0.25) is 5.02 Å². The molecule has 0 saturated carbocycles. The molecule has 132 valence electrons. The maximum atomic E-state index is 12.5. The van der Waals surface area contributed by atoms with Gasteiger partial charge in [-0.05, 0) is 31.0 Å². The smallest absolute Gasteiger partial charge is 0.339 e. The Hall–Kier alpha value is -0.860.